The predicted molar refractivity (Wildman–Crippen MR) is 63.5 cm³/mol. The summed E-state index contributed by atoms with van der Waals surface area (Å²) in [5.41, 5.74) is 1.20. The number of nitrogens with zero attached hydrogens (tertiary/aromatic N) is 2. The molecule has 1 aromatic carbocycles. The third kappa shape index (κ3) is 3.12. The lowest BCUT2D eigenvalue weighted by atomic mass is 10.3. The zero-order valence-corrected chi connectivity index (χ0v) is 9.47. The van der Waals surface area contributed by atoms with Gasteiger partial charge in [-0.15, -0.1) is 0 Å². The van der Waals surface area contributed by atoms with Gasteiger partial charge in [-0.3, -0.25) is 4.68 Å². The monoisotopic (exact) mass is 216 g/mol. The van der Waals surface area contributed by atoms with Crippen molar-refractivity contribution < 1.29 is 4.74 Å². The van der Waals surface area contributed by atoms with Gasteiger partial charge in [0.05, 0.1) is 12.8 Å². The zero-order chi connectivity index (χ0) is 11.2. The number of aryl methyl sites for hydroxylation is 2. The Kier molecular flexibility index (Phi) is 3.59. The molecule has 1 aromatic heterocycles. The van der Waals surface area contributed by atoms with Crippen LogP contribution in [0.1, 0.15) is 12.0 Å². The highest BCUT2D eigenvalue weighted by Gasteiger charge is 1.95. The van der Waals surface area contributed by atoms with Crippen LogP contribution in [0.3, 0.4) is 0 Å². The Balaban J connectivity index is 1.69. The van der Waals surface area contributed by atoms with Crippen LogP contribution in [0.25, 0.3) is 0 Å². The third-order valence-electron chi connectivity index (χ3n) is 2.31. The van der Waals surface area contributed by atoms with Gasteiger partial charge in [0.1, 0.15) is 5.75 Å². The Morgan fingerprint density at radius 1 is 1.25 bits per heavy atom. The summed E-state index contributed by atoms with van der Waals surface area (Å²) in [6, 6.07) is 9.88. The maximum absolute atomic E-state index is 5.59. The van der Waals surface area contributed by atoms with E-state index in [0.717, 1.165) is 25.3 Å². The number of para-hydroxylation sites is 1. The predicted octanol–water partition coefficient (Wildman–Crippen LogP) is 2.66. The molecule has 0 atom stereocenters. The maximum Gasteiger partial charge on any atom is 0.119 e. The van der Waals surface area contributed by atoms with Crippen molar-refractivity contribution in [1.82, 2.24) is 9.78 Å². The molecule has 0 aliphatic heterocycles. The normalized spacial score (nSPS) is 10.3. The van der Waals surface area contributed by atoms with E-state index in [0.29, 0.717) is 0 Å². The second-order valence-electron chi connectivity index (χ2n) is 3.80. The Morgan fingerprint density at radius 3 is 2.75 bits per heavy atom. The van der Waals surface area contributed by atoms with E-state index in [1.54, 1.807) is 0 Å². The van der Waals surface area contributed by atoms with Crippen molar-refractivity contribution in [3.8, 4) is 5.75 Å². The van der Waals surface area contributed by atoms with E-state index in [4.69, 9.17) is 4.74 Å². The maximum atomic E-state index is 5.59. The average Bonchev–Trinajstić information content (AvgIpc) is 2.72. The summed E-state index contributed by atoms with van der Waals surface area (Å²) in [6.45, 7) is 3.67. The summed E-state index contributed by atoms with van der Waals surface area (Å²) in [5, 5.41) is 4.22. The van der Waals surface area contributed by atoms with Crippen LogP contribution in [0.2, 0.25) is 0 Å². The van der Waals surface area contributed by atoms with Crippen molar-refractivity contribution in [2.24, 2.45) is 0 Å². The van der Waals surface area contributed by atoms with Crippen molar-refractivity contribution in [1.29, 1.82) is 0 Å². The van der Waals surface area contributed by atoms with Gasteiger partial charge in [-0.2, -0.15) is 5.10 Å². The molecule has 3 nitrogen and oxygen atoms in total. The molecule has 0 fully saturated rings. The van der Waals surface area contributed by atoms with Crippen LogP contribution in [-0.4, -0.2) is 16.4 Å². The lowest BCUT2D eigenvalue weighted by Crippen LogP contribution is -2.04. The molecule has 0 unspecified atom stereocenters. The van der Waals surface area contributed by atoms with Crippen molar-refractivity contribution in [3.05, 3.63) is 48.3 Å². The minimum absolute atomic E-state index is 0.725. The van der Waals surface area contributed by atoms with Crippen molar-refractivity contribution in [3.63, 3.8) is 0 Å². The molecular weight excluding hydrogens is 200 g/mol. The van der Waals surface area contributed by atoms with E-state index in [1.165, 1.54) is 5.56 Å². The molecule has 2 aromatic rings. The van der Waals surface area contributed by atoms with Gasteiger partial charge in [-0.25, -0.2) is 0 Å². The number of rotatable bonds is 5. The summed E-state index contributed by atoms with van der Waals surface area (Å²) in [6.07, 6.45) is 4.89. The molecule has 16 heavy (non-hydrogen) atoms. The molecular formula is C13H16N2O. The van der Waals surface area contributed by atoms with Gasteiger partial charge >= 0.3 is 0 Å². The van der Waals surface area contributed by atoms with E-state index in [1.807, 2.05) is 54.3 Å². The largest absolute Gasteiger partial charge is 0.494 e. The number of benzene rings is 1. The average molecular weight is 216 g/mol. The van der Waals surface area contributed by atoms with Crippen molar-refractivity contribution in [2.45, 2.75) is 19.9 Å². The van der Waals surface area contributed by atoms with Gasteiger partial charge in [-0.1, -0.05) is 18.2 Å². The van der Waals surface area contributed by atoms with Crippen LogP contribution in [0.5, 0.6) is 5.75 Å². The molecule has 0 bridgehead atoms. The number of aromatic nitrogens is 2. The second kappa shape index (κ2) is 5.35. The van der Waals surface area contributed by atoms with Crippen molar-refractivity contribution >= 4 is 0 Å². The smallest absolute Gasteiger partial charge is 0.119 e. The Bertz CT molecular complexity index is 423. The fourth-order valence-electron chi connectivity index (χ4n) is 1.52. The van der Waals surface area contributed by atoms with E-state index in [2.05, 4.69) is 5.10 Å². The molecule has 0 radical (unpaired) electrons. The molecule has 0 saturated heterocycles. The molecule has 0 aliphatic rings. The molecule has 0 amide bonds. The highest BCUT2D eigenvalue weighted by Crippen LogP contribution is 2.08. The van der Waals surface area contributed by atoms with Crippen molar-refractivity contribution in [2.75, 3.05) is 6.61 Å². The first-order valence-corrected chi connectivity index (χ1v) is 5.51. The lowest BCUT2D eigenvalue weighted by molar-refractivity contribution is 0.298. The molecule has 0 N–H and O–H groups in total. The highest BCUT2D eigenvalue weighted by atomic mass is 16.5. The third-order valence-corrected chi connectivity index (χ3v) is 2.31. The van der Waals surface area contributed by atoms with Crippen LogP contribution in [0.15, 0.2) is 42.7 Å². The Labute approximate surface area is 95.7 Å². The van der Waals surface area contributed by atoms with E-state index in [9.17, 15) is 0 Å². The van der Waals surface area contributed by atoms with Gasteiger partial charge in [0.15, 0.2) is 0 Å². The summed E-state index contributed by atoms with van der Waals surface area (Å²) in [5.74, 6) is 0.930. The molecule has 0 aliphatic carbocycles. The molecule has 3 heteroatoms. The number of hydrogen-bond donors (Lipinski definition) is 0. The van der Waals surface area contributed by atoms with Gasteiger partial charge < -0.3 is 4.74 Å². The standard InChI is InChI=1S/C13H16N2O/c1-12-10-14-15(11-12)8-5-9-16-13-6-3-2-4-7-13/h2-4,6-7,10-11H,5,8-9H2,1H3. The summed E-state index contributed by atoms with van der Waals surface area (Å²) >= 11 is 0. The Hall–Kier alpha value is -1.77. The summed E-state index contributed by atoms with van der Waals surface area (Å²) in [4.78, 5) is 0. The van der Waals surface area contributed by atoms with E-state index >= 15 is 0 Å². The summed E-state index contributed by atoms with van der Waals surface area (Å²) in [7, 11) is 0. The molecule has 1 heterocycles. The second-order valence-corrected chi connectivity index (χ2v) is 3.80. The fourth-order valence-corrected chi connectivity index (χ4v) is 1.52. The molecule has 0 saturated carbocycles. The van der Waals surface area contributed by atoms with Crippen LogP contribution >= 0.6 is 0 Å². The minimum Gasteiger partial charge on any atom is -0.494 e. The molecule has 0 spiro atoms. The van der Waals surface area contributed by atoms with Gasteiger partial charge in [0.2, 0.25) is 0 Å². The van der Waals surface area contributed by atoms with Crippen LogP contribution in [0.4, 0.5) is 0 Å². The highest BCUT2D eigenvalue weighted by molar-refractivity contribution is 5.20. The van der Waals surface area contributed by atoms with Gasteiger partial charge in [0, 0.05) is 19.2 Å². The first-order chi connectivity index (χ1) is 7.84. The first-order valence-electron chi connectivity index (χ1n) is 5.51. The molecule has 2 rings (SSSR count). The SMILES string of the molecule is Cc1cnn(CCCOc2ccccc2)c1. The quantitative estimate of drug-likeness (QED) is 0.718. The van der Waals surface area contributed by atoms with Gasteiger partial charge in [0.25, 0.3) is 0 Å². The summed E-state index contributed by atoms with van der Waals surface area (Å²) < 4.78 is 7.54. The number of hydrogen-bond acceptors (Lipinski definition) is 2. The topological polar surface area (TPSA) is 27.1 Å². The lowest BCUT2D eigenvalue weighted by Gasteiger charge is -2.05. The fraction of sp³-hybridized carbons (Fsp3) is 0.308. The van der Waals surface area contributed by atoms with Crippen LogP contribution in [0, 0.1) is 6.92 Å². The zero-order valence-electron chi connectivity index (χ0n) is 9.47. The Morgan fingerprint density at radius 2 is 2.06 bits per heavy atom. The number of ether oxygens (including phenoxy) is 1. The van der Waals surface area contributed by atoms with Crippen LogP contribution < -0.4 is 4.74 Å². The van der Waals surface area contributed by atoms with E-state index < -0.39 is 0 Å². The first kappa shape index (κ1) is 10.7. The molecule has 84 valence electrons. The van der Waals surface area contributed by atoms with Crippen LogP contribution in [-0.2, 0) is 6.54 Å². The van der Waals surface area contributed by atoms with Gasteiger partial charge in [-0.05, 0) is 24.6 Å². The van der Waals surface area contributed by atoms with E-state index in [-0.39, 0.29) is 0 Å². The minimum atomic E-state index is 0.725.